The summed E-state index contributed by atoms with van der Waals surface area (Å²) in [5, 5.41) is 17.7. The molecule has 0 aromatic carbocycles. The largest absolute Gasteiger partial charge is 0.500 e. The number of aromatic amines is 1. The van der Waals surface area contributed by atoms with Crippen LogP contribution in [0.5, 0.6) is 0 Å². The minimum atomic E-state index is -2.56. The summed E-state index contributed by atoms with van der Waals surface area (Å²) in [7, 11) is 2.09. The Morgan fingerprint density at radius 1 is 1.32 bits per heavy atom. The first kappa shape index (κ1) is 15.5. The van der Waals surface area contributed by atoms with Gasteiger partial charge in [-0.1, -0.05) is 5.10 Å². The summed E-state index contributed by atoms with van der Waals surface area (Å²) < 4.78 is 15.8. The second-order valence-corrected chi connectivity index (χ2v) is 6.62. The Balaban J connectivity index is 2.21. The van der Waals surface area contributed by atoms with Crippen molar-refractivity contribution in [1.82, 2.24) is 25.9 Å². The SMILES string of the molecule is CO[Si](CCCNC(=O)Nc1nnn[nH]1)(OC)OC. The highest BCUT2D eigenvalue weighted by Gasteiger charge is 2.36. The van der Waals surface area contributed by atoms with Gasteiger partial charge >= 0.3 is 14.8 Å². The van der Waals surface area contributed by atoms with Crippen LogP contribution in [0.2, 0.25) is 6.04 Å². The molecule has 0 unspecified atom stereocenters. The van der Waals surface area contributed by atoms with Crippen molar-refractivity contribution >= 4 is 20.8 Å². The minimum Gasteiger partial charge on any atom is -0.377 e. The Morgan fingerprint density at radius 2 is 2.00 bits per heavy atom. The third kappa shape index (κ3) is 4.90. The highest BCUT2D eigenvalue weighted by molar-refractivity contribution is 6.60. The number of nitrogens with one attached hydrogen (secondary N) is 3. The molecule has 0 bridgehead atoms. The average molecular weight is 290 g/mol. The molecular formula is C8H18N6O4Si. The lowest BCUT2D eigenvalue weighted by molar-refractivity contribution is 0.123. The van der Waals surface area contributed by atoms with Crippen molar-refractivity contribution in [3.05, 3.63) is 0 Å². The standard InChI is InChI=1S/C8H18N6O4Si/c1-16-19(17-2,18-3)6-4-5-9-8(15)10-7-11-13-14-12-7/h4-6H2,1-3H3,(H3,9,10,11,12,13,14,15). The molecule has 1 aromatic rings. The molecule has 0 radical (unpaired) electrons. The van der Waals surface area contributed by atoms with Crippen molar-refractivity contribution in [1.29, 1.82) is 0 Å². The number of carbonyl (C=O) groups is 1. The molecule has 1 aromatic heterocycles. The molecule has 0 fully saturated rings. The maximum Gasteiger partial charge on any atom is 0.500 e. The van der Waals surface area contributed by atoms with E-state index in [1.807, 2.05) is 0 Å². The van der Waals surface area contributed by atoms with Crippen LogP contribution in [0.25, 0.3) is 0 Å². The summed E-state index contributed by atoms with van der Waals surface area (Å²) in [5.41, 5.74) is 0. The molecule has 0 aliphatic rings. The highest BCUT2D eigenvalue weighted by Crippen LogP contribution is 2.14. The number of anilines is 1. The van der Waals surface area contributed by atoms with Gasteiger partial charge in [0.1, 0.15) is 0 Å². The van der Waals surface area contributed by atoms with Crippen molar-refractivity contribution in [2.24, 2.45) is 0 Å². The predicted molar refractivity (Wildman–Crippen MR) is 67.4 cm³/mol. The summed E-state index contributed by atoms with van der Waals surface area (Å²) in [6.07, 6.45) is 0.670. The predicted octanol–water partition coefficient (Wildman–Crippen LogP) is -0.411. The van der Waals surface area contributed by atoms with Crippen LogP contribution in [-0.4, -0.2) is 63.3 Å². The molecule has 0 aliphatic carbocycles. The number of tetrazole rings is 1. The zero-order chi connectivity index (χ0) is 14.1. The van der Waals surface area contributed by atoms with E-state index in [-0.39, 0.29) is 5.95 Å². The van der Waals surface area contributed by atoms with Crippen LogP contribution in [-0.2, 0) is 13.3 Å². The summed E-state index contributed by atoms with van der Waals surface area (Å²) in [6.45, 7) is 0.457. The Kier molecular flexibility index (Phi) is 6.34. The van der Waals surface area contributed by atoms with Crippen molar-refractivity contribution in [2.45, 2.75) is 12.5 Å². The van der Waals surface area contributed by atoms with Gasteiger partial charge < -0.3 is 18.6 Å². The molecule has 0 spiro atoms. The monoisotopic (exact) mass is 290 g/mol. The number of H-pyrrole nitrogens is 1. The van der Waals surface area contributed by atoms with E-state index in [1.165, 1.54) is 0 Å². The Labute approximate surface area is 111 Å². The van der Waals surface area contributed by atoms with Gasteiger partial charge in [0, 0.05) is 33.9 Å². The molecule has 2 amide bonds. The summed E-state index contributed by atoms with van der Waals surface area (Å²) in [6, 6.07) is 0.221. The van der Waals surface area contributed by atoms with Crippen LogP contribution in [0.1, 0.15) is 6.42 Å². The van der Waals surface area contributed by atoms with Crippen molar-refractivity contribution in [3.8, 4) is 0 Å². The average Bonchev–Trinajstić information content (AvgIpc) is 2.93. The fraction of sp³-hybridized carbons (Fsp3) is 0.750. The molecule has 1 heterocycles. The highest BCUT2D eigenvalue weighted by atomic mass is 28.4. The third-order valence-corrected chi connectivity index (χ3v) is 5.29. The Hall–Kier alpha value is -1.56. The molecule has 1 rings (SSSR count). The molecule has 108 valence electrons. The van der Waals surface area contributed by atoms with Gasteiger partial charge in [0.25, 0.3) is 0 Å². The van der Waals surface area contributed by atoms with E-state index in [1.54, 1.807) is 21.3 Å². The Morgan fingerprint density at radius 3 is 2.53 bits per heavy atom. The molecular weight excluding hydrogens is 272 g/mol. The van der Waals surface area contributed by atoms with Gasteiger partial charge in [0.2, 0.25) is 5.95 Å². The second-order valence-electron chi connectivity index (χ2n) is 3.53. The number of hydrogen-bond donors (Lipinski definition) is 3. The first-order chi connectivity index (χ1) is 9.15. The minimum absolute atomic E-state index is 0.187. The fourth-order valence-corrected chi connectivity index (χ4v) is 3.15. The zero-order valence-corrected chi connectivity index (χ0v) is 12.1. The van der Waals surface area contributed by atoms with E-state index in [0.29, 0.717) is 19.0 Å². The van der Waals surface area contributed by atoms with Crippen LogP contribution in [0.15, 0.2) is 0 Å². The fourth-order valence-electron chi connectivity index (χ4n) is 1.43. The molecule has 0 aliphatic heterocycles. The van der Waals surface area contributed by atoms with Gasteiger partial charge in [0.05, 0.1) is 0 Å². The maximum atomic E-state index is 11.4. The van der Waals surface area contributed by atoms with Gasteiger partial charge in [-0.2, -0.15) is 0 Å². The van der Waals surface area contributed by atoms with Crippen LogP contribution >= 0.6 is 0 Å². The number of carbonyl (C=O) groups excluding carboxylic acids is 1. The van der Waals surface area contributed by atoms with Crippen molar-refractivity contribution in [2.75, 3.05) is 33.2 Å². The van der Waals surface area contributed by atoms with E-state index in [0.717, 1.165) is 0 Å². The van der Waals surface area contributed by atoms with Gasteiger partial charge in [-0.25, -0.2) is 9.89 Å². The van der Waals surface area contributed by atoms with Gasteiger partial charge in [0.15, 0.2) is 0 Å². The lowest BCUT2D eigenvalue weighted by Gasteiger charge is -2.24. The number of rotatable bonds is 8. The number of aromatic nitrogens is 4. The molecule has 0 saturated carbocycles. The van der Waals surface area contributed by atoms with Gasteiger partial charge in [-0.05, 0) is 16.8 Å². The number of nitrogens with zero attached hydrogens (tertiary/aromatic N) is 3. The van der Waals surface area contributed by atoms with Gasteiger partial charge in [-0.15, -0.1) is 0 Å². The molecule has 11 heteroatoms. The lowest BCUT2D eigenvalue weighted by Crippen LogP contribution is -2.43. The van der Waals surface area contributed by atoms with Crippen LogP contribution in [0.4, 0.5) is 10.7 Å². The van der Waals surface area contributed by atoms with E-state index < -0.39 is 14.8 Å². The quantitative estimate of drug-likeness (QED) is 0.439. The Bertz CT molecular complexity index is 363. The molecule has 0 atom stereocenters. The maximum absolute atomic E-state index is 11.4. The molecule has 0 saturated heterocycles. The van der Waals surface area contributed by atoms with Crippen molar-refractivity contribution in [3.63, 3.8) is 0 Å². The molecule has 10 nitrogen and oxygen atoms in total. The summed E-state index contributed by atoms with van der Waals surface area (Å²) in [4.78, 5) is 11.4. The van der Waals surface area contributed by atoms with E-state index >= 15 is 0 Å². The number of amides is 2. The first-order valence-electron chi connectivity index (χ1n) is 5.60. The normalized spacial score (nSPS) is 11.3. The third-order valence-electron chi connectivity index (χ3n) is 2.46. The number of urea groups is 1. The molecule has 19 heavy (non-hydrogen) atoms. The van der Waals surface area contributed by atoms with Crippen LogP contribution in [0.3, 0.4) is 0 Å². The summed E-state index contributed by atoms with van der Waals surface area (Å²) in [5.74, 6) is 0.187. The molecule has 3 N–H and O–H groups in total. The lowest BCUT2D eigenvalue weighted by atomic mass is 10.5. The smallest absolute Gasteiger partial charge is 0.377 e. The topological polar surface area (TPSA) is 123 Å². The van der Waals surface area contributed by atoms with Gasteiger partial charge in [-0.3, -0.25) is 5.32 Å². The van der Waals surface area contributed by atoms with E-state index in [4.69, 9.17) is 13.3 Å². The summed E-state index contributed by atoms with van der Waals surface area (Å²) >= 11 is 0. The second kappa shape index (κ2) is 7.78. The van der Waals surface area contributed by atoms with Crippen LogP contribution < -0.4 is 10.6 Å². The number of hydrogen-bond acceptors (Lipinski definition) is 7. The van der Waals surface area contributed by atoms with Crippen molar-refractivity contribution < 1.29 is 18.1 Å². The van der Waals surface area contributed by atoms with E-state index in [9.17, 15) is 4.79 Å². The van der Waals surface area contributed by atoms with E-state index in [2.05, 4.69) is 31.3 Å². The van der Waals surface area contributed by atoms with Crippen LogP contribution in [0, 0.1) is 0 Å². The first-order valence-corrected chi connectivity index (χ1v) is 7.53. The zero-order valence-electron chi connectivity index (χ0n) is 11.1.